The predicted octanol–water partition coefficient (Wildman–Crippen LogP) is 3.09. The molecule has 0 fully saturated rings. The Morgan fingerprint density at radius 1 is 1.14 bits per heavy atom. The summed E-state index contributed by atoms with van der Waals surface area (Å²) in [4.78, 5) is 12.5. The van der Waals surface area contributed by atoms with Crippen LogP contribution in [-0.4, -0.2) is 14.9 Å². The molecule has 1 atom stereocenters. The number of halogens is 1. The van der Waals surface area contributed by atoms with Crippen molar-refractivity contribution in [1.29, 1.82) is 0 Å². The summed E-state index contributed by atoms with van der Waals surface area (Å²) in [6.45, 7) is 1.91. The molecule has 0 aliphatic heterocycles. The number of aryl methyl sites for hydroxylation is 1. The normalized spacial score (nSPS) is 12.5. The summed E-state index contributed by atoms with van der Waals surface area (Å²) in [5.74, 6) is 0. The molecule has 0 unspecified atom stereocenters. The minimum absolute atomic E-state index is 0.0637. The summed E-state index contributed by atoms with van der Waals surface area (Å²) in [7, 11) is 0. The molecule has 0 bridgehead atoms. The second kappa shape index (κ2) is 5.91. The fourth-order valence-corrected chi connectivity index (χ4v) is 2.80. The van der Waals surface area contributed by atoms with Gasteiger partial charge in [0, 0.05) is 16.0 Å². The van der Waals surface area contributed by atoms with Crippen molar-refractivity contribution < 1.29 is 5.11 Å². The van der Waals surface area contributed by atoms with Crippen LogP contribution in [0.15, 0.2) is 53.3 Å². The molecule has 0 amide bonds. The fourth-order valence-electron chi connectivity index (χ4n) is 2.54. The number of nitrogens with zero attached hydrogens (tertiary/aromatic N) is 2. The van der Waals surface area contributed by atoms with Gasteiger partial charge >= 0.3 is 0 Å². The largest absolute Gasteiger partial charge is 0.386 e. The van der Waals surface area contributed by atoms with Crippen molar-refractivity contribution in [3.05, 3.63) is 75.2 Å². The van der Waals surface area contributed by atoms with Crippen molar-refractivity contribution >= 4 is 22.4 Å². The SMILES string of the molecule is Cc1nn(C[C@H](O)c2ccccc2Cl)c(=O)c2ccccc12. The first-order chi connectivity index (χ1) is 10.6. The third kappa shape index (κ3) is 2.63. The maximum Gasteiger partial charge on any atom is 0.274 e. The van der Waals surface area contributed by atoms with Crippen LogP contribution >= 0.6 is 11.6 Å². The number of hydrogen-bond acceptors (Lipinski definition) is 3. The minimum Gasteiger partial charge on any atom is -0.386 e. The van der Waals surface area contributed by atoms with E-state index in [2.05, 4.69) is 5.10 Å². The molecule has 0 aliphatic carbocycles. The lowest BCUT2D eigenvalue weighted by molar-refractivity contribution is 0.149. The van der Waals surface area contributed by atoms with E-state index in [1.54, 1.807) is 30.3 Å². The Kier molecular flexibility index (Phi) is 3.96. The van der Waals surface area contributed by atoms with E-state index in [1.165, 1.54) is 4.68 Å². The Morgan fingerprint density at radius 3 is 2.50 bits per heavy atom. The van der Waals surface area contributed by atoms with Gasteiger partial charge in [0.15, 0.2) is 0 Å². The van der Waals surface area contributed by atoms with Gasteiger partial charge in [-0.2, -0.15) is 5.10 Å². The van der Waals surface area contributed by atoms with E-state index in [-0.39, 0.29) is 12.1 Å². The zero-order valence-corrected chi connectivity index (χ0v) is 12.8. The van der Waals surface area contributed by atoms with Gasteiger partial charge in [-0.3, -0.25) is 4.79 Å². The second-order valence-electron chi connectivity index (χ2n) is 5.16. The molecule has 1 N–H and O–H groups in total. The van der Waals surface area contributed by atoms with E-state index in [0.29, 0.717) is 16.0 Å². The van der Waals surface area contributed by atoms with Gasteiger partial charge in [-0.1, -0.05) is 48.0 Å². The monoisotopic (exact) mass is 314 g/mol. The van der Waals surface area contributed by atoms with Crippen molar-refractivity contribution in [2.75, 3.05) is 0 Å². The van der Waals surface area contributed by atoms with E-state index in [1.807, 2.05) is 25.1 Å². The molecular weight excluding hydrogens is 300 g/mol. The van der Waals surface area contributed by atoms with Crippen LogP contribution in [0.4, 0.5) is 0 Å². The molecule has 0 aliphatic rings. The molecule has 2 aromatic carbocycles. The minimum atomic E-state index is -0.889. The lowest BCUT2D eigenvalue weighted by Gasteiger charge is -2.15. The van der Waals surface area contributed by atoms with E-state index >= 15 is 0 Å². The molecule has 3 aromatic rings. The van der Waals surface area contributed by atoms with Crippen LogP contribution in [0.1, 0.15) is 17.4 Å². The molecular formula is C17H15ClN2O2. The average Bonchev–Trinajstić information content (AvgIpc) is 2.52. The zero-order chi connectivity index (χ0) is 15.7. The molecule has 0 spiro atoms. The molecule has 4 nitrogen and oxygen atoms in total. The Labute approximate surface area is 132 Å². The number of hydrogen-bond donors (Lipinski definition) is 1. The summed E-state index contributed by atoms with van der Waals surface area (Å²) in [5.41, 5.74) is 1.12. The number of rotatable bonds is 3. The van der Waals surface area contributed by atoms with E-state index in [0.717, 1.165) is 11.1 Å². The van der Waals surface area contributed by atoms with Gasteiger partial charge in [0.05, 0.1) is 17.6 Å². The highest BCUT2D eigenvalue weighted by atomic mass is 35.5. The van der Waals surface area contributed by atoms with E-state index in [9.17, 15) is 9.90 Å². The Balaban J connectivity index is 2.03. The van der Waals surface area contributed by atoms with Crippen molar-refractivity contribution in [3.8, 4) is 0 Å². The van der Waals surface area contributed by atoms with Crippen molar-refractivity contribution in [1.82, 2.24) is 9.78 Å². The lowest BCUT2D eigenvalue weighted by Crippen LogP contribution is -2.27. The molecule has 0 saturated heterocycles. The van der Waals surface area contributed by atoms with Crippen molar-refractivity contribution in [2.24, 2.45) is 0 Å². The lowest BCUT2D eigenvalue weighted by atomic mass is 10.1. The molecule has 112 valence electrons. The van der Waals surface area contributed by atoms with Crippen molar-refractivity contribution in [3.63, 3.8) is 0 Å². The van der Waals surface area contributed by atoms with E-state index < -0.39 is 6.10 Å². The van der Waals surface area contributed by atoms with Gasteiger partial charge in [0.1, 0.15) is 6.10 Å². The standard InChI is InChI=1S/C17H15ClN2O2/c1-11-12-6-2-3-7-13(12)17(22)20(19-11)10-16(21)14-8-4-5-9-15(14)18/h2-9,16,21H,10H2,1H3/t16-/m0/s1. The van der Waals surface area contributed by atoms with Crippen LogP contribution in [-0.2, 0) is 6.54 Å². The van der Waals surface area contributed by atoms with Gasteiger partial charge in [0.25, 0.3) is 5.56 Å². The summed E-state index contributed by atoms with van der Waals surface area (Å²) >= 11 is 6.08. The Hall–Kier alpha value is -2.17. The number of aliphatic hydroxyl groups excluding tert-OH is 1. The molecule has 1 aromatic heterocycles. The van der Waals surface area contributed by atoms with Crippen LogP contribution in [0.25, 0.3) is 10.8 Å². The van der Waals surface area contributed by atoms with Gasteiger partial charge in [-0.05, 0) is 19.1 Å². The molecule has 3 rings (SSSR count). The van der Waals surface area contributed by atoms with Crippen LogP contribution in [0, 0.1) is 6.92 Å². The van der Waals surface area contributed by atoms with Crippen molar-refractivity contribution in [2.45, 2.75) is 19.6 Å². The quantitative estimate of drug-likeness (QED) is 0.808. The smallest absolute Gasteiger partial charge is 0.274 e. The van der Waals surface area contributed by atoms with Gasteiger partial charge in [-0.25, -0.2) is 4.68 Å². The predicted molar refractivity (Wildman–Crippen MR) is 87.2 cm³/mol. The maximum absolute atomic E-state index is 12.5. The summed E-state index contributed by atoms with van der Waals surface area (Å²) < 4.78 is 1.30. The summed E-state index contributed by atoms with van der Waals surface area (Å²) in [6, 6.07) is 14.4. The molecule has 0 radical (unpaired) electrons. The molecule has 1 heterocycles. The summed E-state index contributed by atoms with van der Waals surface area (Å²) in [5, 5.41) is 16.6. The number of aliphatic hydroxyl groups is 1. The van der Waals surface area contributed by atoms with Crippen LogP contribution < -0.4 is 5.56 Å². The van der Waals surface area contributed by atoms with E-state index in [4.69, 9.17) is 11.6 Å². The average molecular weight is 315 g/mol. The van der Waals surface area contributed by atoms with Gasteiger partial charge in [-0.15, -0.1) is 0 Å². The third-order valence-electron chi connectivity index (χ3n) is 3.66. The highest BCUT2D eigenvalue weighted by Gasteiger charge is 2.15. The third-order valence-corrected chi connectivity index (χ3v) is 4.01. The highest BCUT2D eigenvalue weighted by Crippen LogP contribution is 2.23. The first-order valence-electron chi connectivity index (χ1n) is 6.97. The molecule has 0 saturated carbocycles. The first-order valence-corrected chi connectivity index (χ1v) is 7.34. The topological polar surface area (TPSA) is 55.1 Å². The maximum atomic E-state index is 12.5. The summed E-state index contributed by atoms with van der Waals surface area (Å²) in [6.07, 6.45) is -0.889. The Bertz CT molecular complexity index is 889. The zero-order valence-electron chi connectivity index (χ0n) is 12.0. The Morgan fingerprint density at radius 2 is 1.77 bits per heavy atom. The van der Waals surface area contributed by atoms with Crippen LogP contribution in [0.3, 0.4) is 0 Å². The highest BCUT2D eigenvalue weighted by molar-refractivity contribution is 6.31. The first kappa shape index (κ1) is 14.8. The second-order valence-corrected chi connectivity index (χ2v) is 5.56. The molecule has 5 heteroatoms. The van der Waals surface area contributed by atoms with Crippen LogP contribution in [0.2, 0.25) is 5.02 Å². The van der Waals surface area contributed by atoms with Crippen LogP contribution in [0.5, 0.6) is 0 Å². The number of aromatic nitrogens is 2. The number of fused-ring (bicyclic) bond motifs is 1. The fraction of sp³-hybridized carbons (Fsp3) is 0.176. The number of benzene rings is 2. The van der Waals surface area contributed by atoms with Gasteiger partial charge < -0.3 is 5.11 Å². The molecule has 22 heavy (non-hydrogen) atoms. The van der Waals surface area contributed by atoms with Gasteiger partial charge in [0.2, 0.25) is 0 Å².